The molecule has 3 heteroatoms. The smallest absolute Gasteiger partial charge is 0.0473 e. The molecule has 0 aliphatic heterocycles. The van der Waals surface area contributed by atoms with Gasteiger partial charge in [0.05, 0.1) is 0 Å². The molecule has 1 rings (SSSR count). The first kappa shape index (κ1) is 7.38. The molecule has 1 saturated carbocycles. The maximum Gasteiger partial charge on any atom is 0.0473 e. The number of hydrogen-bond acceptors (Lipinski definition) is 3. The Morgan fingerprint density at radius 3 is 2.67 bits per heavy atom. The first-order valence-electron chi connectivity index (χ1n) is 3.15. The van der Waals surface area contributed by atoms with E-state index in [0.717, 1.165) is 6.42 Å². The van der Waals surface area contributed by atoms with Crippen LogP contribution in [0.15, 0.2) is 0 Å². The Morgan fingerprint density at radius 2 is 2.56 bits per heavy atom. The summed E-state index contributed by atoms with van der Waals surface area (Å²) in [5.74, 6) is 0.470. The van der Waals surface area contributed by atoms with Crippen molar-refractivity contribution in [2.75, 3.05) is 19.4 Å². The first-order valence-corrected chi connectivity index (χ1v) is 4.37. The van der Waals surface area contributed by atoms with E-state index < -0.39 is 0 Å². The molecule has 2 atom stereocenters. The molecule has 0 radical (unpaired) electrons. The Hall–Kier alpha value is 0.270. The Labute approximate surface area is 59.8 Å². The summed E-state index contributed by atoms with van der Waals surface area (Å²) in [7, 11) is 0. The molecule has 0 heterocycles. The Kier molecular flexibility index (Phi) is 2.03. The SMILES string of the molecule is CSC1(CN)CC1CO. The highest BCUT2D eigenvalue weighted by atomic mass is 32.2. The Balaban J connectivity index is 2.37. The van der Waals surface area contributed by atoms with Crippen LogP contribution >= 0.6 is 11.8 Å². The molecule has 0 aromatic rings. The van der Waals surface area contributed by atoms with Crippen LogP contribution in [0.4, 0.5) is 0 Å². The summed E-state index contributed by atoms with van der Waals surface area (Å²) in [5.41, 5.74) is 5.51. The molecule has 0 aromatic heterocycles. The van der Waals surface area contributed by atoms with Crippen molar-refractivity contribution >= 4 is 11.8 Å². The maximum absolute atomic E-state index is 8.73. The van der Waals surface area contributed by atoms with Crippen molar-refractivity contribution in [2.24, 2.45) is 11.7 Å². The molecule has 0 spiro atoms. The lowest BCUT2D eigenvalue weighted by atomic mass is 10.3. The van der Waals surface area contributed by atoms with Crippen LogP contribution in [-0.2, 0) is 0 Å². The van der Waals surface area contributed by atoms with Gasteiger partial charge in [-0.1, -0.05) is 0 Å². The fraction of sp³-hybridized carbons (Fsp3) is 1.00. The number of hydrogen-bond donors (Lipinski definition) is 2. The molecule has 0 saturated heterocycles. The largest absolute Gasteiger partial charge is 0.396 e. The quantitative estimate of drug-likeness (QED) is 0.593. The summed E-state index contributed by atoms with van der Waals surface area (Å²) in [4.78, 5) is 0. The van der Waals surface area contributed by atoms with E-state index in [2.05, 4.69) is 6.26 Å². The minimum Gasteiger partial charge on any atom is -0.396 e. The molecule has 2 unspecified atom stereocenters. The lowest BCUT2D eigenvalue weighted by Gasteiger charge is -2.08. The first-order chi connectivity index (χ1) is 4.29. The zero-order valence-corrected chi connectivity index (χ0v) is 6.45. The van der Waals surface area contributed by atoms with Gasteiger partial charge in [-0.25, -0.2) is 0 Å². The van der Waals surface area contributed by atoms with E-state index in [4.69, 9.17) is 10.8 Å². The number of thioether (sulfide) groups is 1. The standard InChI is InChI=1S/C6H13NOS/c1-9-6(4-7)2-5(6)3-8/h5,8H,2-4,7H2,1H3. The zero-order valence-electron chi connectivity index (χ0n) is 5.63. The van der Waals surface area contributed by atoms with Crippen molar-refractivity contribution < 1.29 is 5.11 Å². The second-order valence-corrected chi connectivity index (χ2v) is 3.78. The number of rotatable bonds is 3. The molecule has 1 aliphatic rings. The van der Waals surface area contributed by atoms with Crippen molar-refractivity contribution in [1.82, 2.24) is 0 Å². The molecular weight excluding hydrogens is 134 g/mol. The monoisotopic (exact) mass is 147 g/mol. The molecule has 0 bridgehead atoms. The van der Waals surface area contributed by atoms with E-state index in [1.807, 2.05) is 0 Å². The van der Waals surface area contributed by atoms with Gasteiger partial charge in [-0.2, -0.15) is 11.8 Å². The topological polar surface area (TPSA) is 46.2 Å². The summed E-state index contributed by atoms with van der Waals surface area (Å²) in [5, 5.41) is 8.73. The molecule has 1 aliphatic carbocycles. The highest BCUT2D eigenvalue weighted by molar-refractivity contribution is 8.00. The summed E-state index contributed by atoms with van der Waals surface area (Å²) < 4.78 is 0.245. The van der Waals surface area contributed by atoms with Crippen molar-refractivity contribution in [3.63, 3.8) is 0 Å². The summed E-state index contributed by atoms with van der Waals surface area (Å²) in [6.07, 6.45) is 3.16. The lowest BCUT2D eigenvalue weighted by molar-refractivity contribution is 0.272. The molecule has 9 heavy (non-hydrogen) atoms. The van der Waals surface area contributed by atoms with Gasteiger partial charge in [0.1, 0.15) is 0 Å². The average Bonchev–Trinajstić information content (AvgIpc) is 2.63. The highest BCUT2D eigenvalue weighted by Gasteiger charge is 2.51. The van der Waals surface area contributed by atoms with E-state index in [-0.39, 0.29) is 4.75 Å². The van der Waals surface area contributed by atoms with Gasteiger partial charge < -0.3 is 10.8 Å². The van der Waals surface area contributed by atoms with Gasteiger partial charge in [-0.05, 0) is 18.6 Å². The molecule has 54 valence electrons. The zero-order chi connectivity index (χ0) is 6.91. The van der Waals surface area contributed by atoms with Gasteiger partial charge in [-0.3, -0.25) is 0 Å². The van der Waals surface area contributed by atoms with Gasteiger partial charge in [0.2, 0.25) is 0 Å². The van der Waals surface area contributed by atoms with Crippen LogP contribution in [0.3, 0.4) is 0 Å². The second kappa shape index (κ2) is 2.48. The third kappa shape index (κ3) is 1.09. The van der Waals surface area contributed by atoms with E-state index in [9.17, 15) is 0 Å². The minimum atomic E-state index is 0.245. The highest BCUT2D eigenvalue weighted by Crippen LogP contribution is 2.51. The minimum absolute atomic E-state index is 0.245. The molecule has 0 aromatic carbocycles. The molecular formula is C6H13NOS. The second-order valence-electron chi connectivity index (χ2n) is 2.56. The normalized spacial score (nSPS) is 41.0. The van der Waals surface area contributed by atoms with Crippen LogP contribution in [0, 0.1) is 5.92 Å². The van der Waals surface area contributed by atoms with Crippen molar-refractivity contribution in [2.45, 2.75) is 11.2 Å². The van der Waals surface area contributed by atoms with Crippen molar-refractivity contribution in [3.8, 4) is 0 Å². The predicted molar refractivity (Wildman–Crippen MR) is 40.5 cm³/mol. The fourth-order valence-electron chi connectivity index (χ4n) is 1.17. The van der Waals surface area contributed by atoms with Crippen LogP contribution < -0.4 is 5.73 Å². The summed E-state index contributed by atoms with van der Waals surface area (Å²) >= 11 is 1.79. The Bertz CT molecular complexity index is 103. The lowest BCUT2D eigenvalue weighted by Crippen LogP contribution is -2.21. The van der Waals surface area contributed by atoms with Gasteiger partial charge in [0.15, 0.2) is 0 Å². The number of nitrogens with two attached hydrogens (primary N) is 1. The Morgan fingerprint density at radius 1 is 1.89 bits per heavy atom. The van der Waals surface area contributed by atoms with E-state index in [1.165, 1.54) is 0 Å². The van der Waals surface area contributed by atoms with Gasteiger partial charge in [0, 0.05) is 17.9 Å². The van der Waals surface area contributed by atoms with Gasteiger partial charge in [0.25, 0.3) is 0 Å². The summed E-state index contributed by atoms with van der Waals surface area (Å²) in [6, 6.07) is 0. The third-order valence-corrected chi connectivity index (χ3v) is 3.63. The molecule has 1 fully saturated rings. The van der Waals surface area contributed by atoms with Crippen LogP contribution in [0.25, 0.3) is 0 Å². The average molecular weight is 147 g/mol. The summed E-state index contributed by atoms with van der Waals surface area (Å²) in [6.45, 7) is 1.01. The van der Waals surface area contributed by atoms with E-state index in [1.54, 1.807) is 11.8 Å². The predicted octanol–water partition coefficient (Wildman–Crippen LogP) is 0.0591. The van der Waals surface area contributed by atoms with Crippen molar-refractivity contribution in [1.29, 1.82) is 0 Å². The van der Waals surface area contributed by atoms with Crippen LogP contribution in [0.1, 0.15) is 6.42 Å². The van der Waals surface area contributed by atoms with E-state index >= 15 is 0 Å². The number of aliphatic hydroxyl groups is 1. The van der Waals surface area contributed by atoms with Crippen molar-refractivity contribution in [3.05, 3.63) is 0 Å². The van der Waals surface area contributed by atoms with E-state index in [0.29, 0.717) is 19.1 Å². The van der Waals surface area contributed by atoms with Crippen LogP contribution in [0.5, 0.6) is 0 Å². The third-order valence-electron chi connectivity index (χ3n) is 2.15. The maximum atomic E-state index is 8.73. The van der Waals surface area contributed by atoms with Crippen LogP contribution in [0.2, 0.25) is 0 Å². The molecule has 2 nitrogen and oxygen atoms in total. The molecule has 3 N–H and O–H groups in total. The fourth-order valence-corrected chi connectivity index (χ4v) is 2.11. The molecule has 0 amide bonds. The van der Waals surface area contributed by atoms with Gasteiger partial charge in [-0.15, -0.1) is 0 Å². The van der Waals surface area contributed by atoms with Gasteiger partial charge >= 0.3 is 0 Å². The van der Waals surface area contributed by atoms with Crippen LogP contribution in [-0.4, -0.2) is 29.3 Å². The number of aliphatic hydroxyl groups excluding tert-OH is 1.